The topological polar surface area (TPSA) is 39.2 Å². The molecule has 23 heavy (non-hydrogen) atoms. The summed E-state index contributed by atoms with van der Waals surface area (Å²) in [6.07, 6.45) is 7.26. The van der Waals surface area contributed by atoms with Crippen LogP contribution in [-0.4, -0.2) is 17.9 Å². The Kier molecular flexibility index (Phi) is 3.49. The number of nitrogens with zero attached hydrogens (tertiary/aromatic N) is 1. The monoisotopic (exact) mass is 305 g/mol. The molecule has 4 atom stereocenters. The maximum absolute atomic E-state index is 13.0. The molecule has 0 amide bonds. The molecule has 0 radical (unpaired) electrons. The van der Waals surface area contributed by atoms with Crippen LogP contribution in [0.2, 0.25) is 0 Å². The third-order valence-electron chi connectivity index (χ3n) is 5.18. The molecule has 1 aromatic heterocycles. The Morgan fingerprint density at radius 1 is 1.09 bits per heavy atom. The van der Waals surface area contributed by atoms with Crippen molar-refractivity contribution in [2.75, 3.05) is 7.11 Å². The van der Waals surface area contributed by atoms with Gasteiger partial charge in [-0.3, -0.25) is 9.78 Å². The van der Waals surface area contributed by atoms with Crippen molar-refractivity contribution in [2.24, 2.45) is 17.8 Å². The third-order valence-corrected chi connectivity index (χ3v) is 5.18. The fourth-order valence-corrected chi connectivity index (χ4v) is 4.14. The predicted octanol–water partition coefficient (Wildman–Crippen LogP) is 3.88. The normalized spacial score (nSPS) is 28.0. The van der Waals surface area contributed by atoms with Crippen LogP contribution in [0.15, 0.2) is 60.8 Å². The first-order valence-electron chi connectivity index (χ1n) is 8.05. The smallest absolute Gasteiger partial charge is 0.185 e. The average Bonchev–Trinajstić information content (AvgIpc) is 3.23. The van der Waals surface area contributed by atoms with Crippen molar-refractivity contribution in [3.05, 3.63) is 72.1 Å². The number of hydrogen-bond donors (Lipinski definition) is 0. The van der Waals surface area contributed by atoms with Crippen LogP contribution >= 0.6 is 0 Å². The van der Waals surface area contributed by atoms with Gasteiger partial charge in [0.2, 0.25) is 0 Å². The van der Waals surface area contributed by atoms with Crippen LogP contribution in [0.4, 0.5) is 0 Å². The summed E-state index contributed by atoms with van der Waals surface area (Å²) in [6, 6.07) is 13.7. The Morgan fingerprint density at radius 2 is 1.87 bits per heavy atom. The van der Waals surface area contributed by atoms with Crippen molar-refractivity contribution in [3.8, 4) is 5.75 Å². The minimum atomic E-state index is -0.00621. The summed E-state index contributed by atoms with van der Waals surface area (Å²) in [5.41, 5.74) is 1.80. The van der Waals surface area contributed by atoms with E-state index in [4.69, 9.17) is 4.74 Å². The van der Waals surface area contributed by atoms with E-state index in [0.29, 0.717) is 17.5 Å². The number of carbonyl (C=O) groups is 1. The van der Waals surface area contributed by atoms with Gasteiger partial charge in [-0.2, -0.15) is 0 Å². The van der Waals surface area contributed by atoms with Crippen LogP contribution in [0.25, 0.3) is 0 Å². The molecule has 1 saturated carbocycles. The molecule has 1 aromatic carbocycles. The fourth-order valence-electron chi connectivity index (χ4n) is 4.14. The van der Waals surface area contributed by atoms with Gasteiger partial charge in [0, 0.05) is 18.0 Å². The van der Waals surface area contributed by atoms with Gasteiger partial charge in [0.1, 0.15) is 11.4 Å². The van der Waals surface area contributed by atoms with E-state index in [1.807, 2.05) is 30.3 Å². The highest BCUT2D eigenvalue weighted by Crippen LogP contribution is 2.53. The van der Waals surface area contributed by atoms with Gasteiger partial charge >= 0.3 is 0 Å². The van der Waals surface area contributed by atoms with E-state index >= 15 is 0 Å². The molecule has 2 aliphatic rings. The molecule has 0 N–H and O–H groups in total. The predicted molar refractivity (Wildman–Crippen MR) is 88.5 cm³/mol. The zero-order valence-electron chi connectivity index (χ0n) is 13.1. The second kappa shape index (κ2) is 5.65. The number of hydrogen-bond acceptors (Lipinski definition) is 3. The lowest BCUT2D eigenvalue weighted by Crippen LogP contribution is -2.27. The van der Waals surface area contributed by atoms with E-state index in [1.54, 1.807) is 13.3 Å². The van der Waals surface area contributed by atoms with Crippen molar-refractivity contribution < 1.29 is 9.53 Å². The van der Waals surface area contributed by atoms with Gasteiger partial charge in [0.25, 0.3) is 0 Å². The summed E-state index contributed by atoms with van der Waals surface area (Å²) in [5, 5.41) is 0. The van der Waals surface area contributed by atoms with E-state index < -0.39 is 0 Å². The molecular weight excluding hydrogens is 286 g/mol. The lowest BCUT2D eigenvalue weighted by atomic mass is 9.75. The number of pyridine rings is 1. The highest BCUT2D eigenvalue weighted by Gasteiger charge is 2.48. The van der Waals surface area contributed by atoms with Gasteiger partial charge in [0.05, 0.1) is 7.11 Å². The van der Waals surface area contributed by atoms with Crippen molar-refractivity contribution >= 4 is 5.78 Å². The molecule has 1 fully saturated rings. The summed E-state index contributed by atoms with van der Waals surface area (Å²) in [7, 11) is 1.67. The number of benzene rings is 1. The van der Waals surface area contributed by atoms with Crippen molar-refractivity contribution in [1.82, 2.24) is 4.98 Å². The summed E-state index contributed by atoms with van der Waals surface area (Å²) in [5.74, 6) is 2.04. The Labute approximate surface area is 136 Å². The summed E-state index contributed by atoms with van der Waals surface area (Å²) < 4.78 is 5.25. The van der Waals surface area contributed by atoms with Crippen molar-refractivity contribution in [3.63, 3.8) is 0 Å². The Morgan fingerprint density at radius 3 is 2.57 bits per heavy atom. The molecule has 0 unspecified atom stereocenters. The Hall–Kier alpha value is -2.42. The Bertz CT molecular complexity index is 736. The molecule has 2 aromatic rings. The fraction of sp³-hybridized carbons (Fsp3) is 0.300. The van der Waals surface area contributed by atoms with E-state index in [1.165, 1.54) is 5.56 Å². The van der Waals surface area contributed by atoms with Gasteiger partial charge in [-0.05, 0) is 48.1 Å². The van der Waals surface area contributed by atoms with Gasteiger partial charge in [0.15, 0.2) is 5.78 Å². The molecule has 0 spiro atoms. The SMILES string of the molecule is COc1ccc([C@H]2[C@H](C(=O)c3ccccn3)[C@H]3C=C[C@@H]2C3)cc1. The van der Waals surface area contributed by atoms with Gasteiger partial charge < -0.3 is 4.74 Å². The maximum atomic E-state index is 13.0. The largest absolute Gasteiger partial charge is 0.497 e. The summed E-state index contributed by atoms with van der Waals surface area (Å²) in [6.45, 7) is 0. The summed E-state index contributed by atoms with van der Waals surface area (Å²) >= 11 is 0. The first-order chi connectivity index (χ1) is 11.3. The van der Waals surface area contributed by atoms with Crippen LogP contribution in [0.3, 0.4) is 0 Å². The first-order valence-corrected chi connectivity index (χ1v) is 8.05. The molecule has 2 bridgehead atoms. The van der Waals surface area contributed by atoms with Crippen LogP contribution in [0.5, 0.6) is 5.75 Å². The lowest BCUT2D eigenvalue weighted by Gasteiger charge is -2.27. The van der Waals surface area contributed by atoms with E-state index in [2.05, 4.69) is 29.3 Å². The molecule has 2 aliphatic carbocycles. The van der Waals surface area contributed by atoms with Crippen molar-refractivity contribution in [2.45, 2.75) is 12.3 Å². The highest BCUT2D eigenvalue weighted by molar-refractivity contribution is 5.97. The highest BCUT2D eigenvalue weighted by atomic mass is 16.5. The maximum Gasteiger partial charge on any atom is 0.185 e. The number of fused-ring (bicyclic) bond motifs is 2. The number of ether oxygens (including phenoxy) is 1. The molecule has 1 heterocycles. The van der Waals surface area contributed by atoms with Gasteiger partial charge in [-0.25, -0.2) is 0 Å². The van der Waals surface area contributed by atoms with Crippen LogP contribution in [0.1, 0.15) is 28.4 Å². The zero-order valence-corrected chi connectivity index (χ0v) is 13.1. The quantitative estimate of drug-likeness (QED) is 0.635. The molecule has 4 rings (SSSR count). The lowest BCUT2D eigenvalue weighted by molar-refractivity contribution is 0.0881. The Balaban J connectivity index is 1.69. The van der Waals surface area contributed by atoms with E-state index in [-0.39, 0.29) is 17.6 Å². The van der Waals surface area contributed by atoms with E-state index in [9.17, 15) is 4.79 Å². The average molecular weight is 305 g/mol. The van der Waals surface area contributed by atoms with E-state index in [0.717, 1.165) is 12.2 Å². The molecule has 0 aliphatic heterocycles. The van der Waals surface area contributed by atoms with Crippen LogP contribution in [0, 0.1) is 17.8 Å². The van der Waals surface area contributed by atoms with Gasteiger partial charge in [-0.1, -0.05) is 30.4 Å². The second-order valence-electron chi connectivity index (χ2n) is 6.35. The second-order valence-corrected chi connectivity index (χ2v) is 6.35. The summed E-state index contributed by atoms with van der Waals surface area (Å²) in [4.78, 5) is 17.3. The standard InChI is InChI=1S/C20H19NO2/c1-23-16-9-7-13(8-10-16)18-14-5-6-15(12-14)19(18)20(22)17-4-2-3-11-21-17/h2-11,14-15,18-19H,12H2,1H3/t14-,15+,18-,19-/m1/s1. The number of carbonyl (C=O) groups excluding carboxylic acids is 1. The molecular formula is C20H19NO2. The number of aromatic nitrogens is 1. The number of rotatable bonds is 4. The van der Waals surface area contributed by atoms with Crippen molar-refractivity contribution in [1.29, 1.82) is 0 Å². The molecule has 0 saturated heterocycles. The molecule has 3 nitrogen and oxygen atoms in total. The van der Waals surface area contributed by atoms with Gasteiger partial charge in [-0.15, -0.1) is 0 Å². The number of Topliss-reactive ketones (excluding diaryl/α,β-unsaturated/α-hetero) is 1. The minimum absolute atomic E-state index is 0.00621. The zero-order chi connectivity index (χ0) is 15.8. The first kappa shape index (κ1) is 14.2. The number of allylic oxidation sites excluding steroid dienone is 2. The minimum Gasteiger partial charge on any atom is -0.497 e. The van der Waals surface area contributed by atoms with Crippen LogP contribution < -0.4 is 4.74 Å². The number of ketones is 1. The third kappa shape index (κ3) is 2.37. The molecule has 116 valence electrons. The number of methoxy groups -OCH3 is 1. The van der Waals surface area contributed by atoms with Crippen LogP contribution in [-0.2, 0) is 0 Å². The molecule has 3 heteroatoms.